The highest BCUT2D eigenvalue weighted by molar-refractivity contribution is 5.09. The molecule has 1 heteroatoms. The van der Waals surface area contributed by atoms with Crippen LogP contribution in [0.25, 0.3) is 0 Å². The Morgan fingerprint density at radius 2 is 1.17 bits per heavy atom. The lowest BCUT2D eigenvalue weighted by molar-refractivity contribution is 0.331. The smallest absolute Gasteiger partial charge is 0.0399 e. The SMILES string of the molecule is C=CN1CCCC12CC2.CC.CCC.CCC.c1ccccc1. The monoisotopic (exact) mass is 319 g/mol. The second-order valence-corrected chi connectivity index (χ2v) is 5.77. The van der Waals surface area contributed by atoms with E-state index >= 15 is 0 Å². The Morgan fingerprint density at radius 1 is 0.826 bits per heavy atom. The Balaban J connectivity index is 0. The van der Waals surface area contributed by atoms with E-state index < -0.39 is 0 Å². The van der Waals surface area contributed by atoms with Gasteiger partial charge in [-0.15, -0.1) is 0 Å². The highest BCUT2D eigenvalue weighted by Gasteiger charge is 2.49. The summed E-state index contributed by atoms with van der Waals surface area (Å²) in [6.07, 6.45) is 10.1. The molecule has 1 heterocycles. The first-order chi connectivity index (χ1) is 11.2. The summed E-state index contributed by atoms with van der Waals surface area (Å²) in [5.74, 6) is 0. The van der Waals surface area contributed by atoms with Crippen LogP contribution in [0.15, 0.2) is 49.2 Å². The van der Waals surface area contributed by atoms with Gasteiger partial charge in [0.05, 0.1) is 0 Å². The van der Waals surface area contributed by atoms with E-state index in [1.165, 1.54) is 45.1 Å². The Bertz CT molecular complexity index is 298. The summed E-state index contributed by atoms with van der Waals surface area (Å²) in [7, 11) is 0. The maximum Gasteiger partial charge on any atom is 0.0399 e. The standard InChI is InChI=1S/C8H13N.C6H6.2C3H8.C2H6/c1-2-9-7-3-4-8(9)5-6-8;1-2-4-6-5-3-1;2*1-3-2;1-2/h2H,1,3-7H2;1-6H;2*3H2,1-2H3;1-2H3. The van der Waals surface area contributed by atoms with Gasteiger partial charge in [0, 0.05) is 12.1 Å². The van der Waals surface area contributed by atoms with Gasteiger partial charge >= 0.3 is 0 Å². The van der Waals surface area contributed by atoms with E-state index in [0.717, 1.165) is 0 Å². The van der Waals surface area contributed by atoms with Crippen molar-refractivity contribution in [3.8, 4) is 0 Å². The molecule has 0 aromatic heterocycles. The molecule has 3 rings (SSSR count). The maximum atomic E-state index is 3.80. The molecule has 0 radical (unpaired) electrons. The van der Waals surface area contributed by atoms with Crippen molar-refractivity contribution in [2.45, 2.75) is 85.6 Å². The molecule has 0 bridgehead atoms. The lowest BCUT2D eigenvalue weighted by Gasteiger charge is -2.20. The fraction of sp³-hybridized carbons (Fsp3) is 0.636. The summed E-state index contributed by atoms with van der Waals surface area (Å²) in [6.45, 7) is 17.6. The first-order valence-electron chi connectivity index (χ1n) is 9.60. The maximum absolute atomic E-state index is 3.80. The molecule has 1 aliphatic carbocycles. The number of likely N-dealkylation sites (tertiary alicyclic amines) is 1. The van der Waals surface area contributed by atoms with Gasteiger partial charge in [-0.3, -0.25) is 0 Å². The molecular weight excluding hydrogens is 278 g/mol. The van der Waals surface area contributed by atoms with E-state index in [0.29, 0.717) is 5.54 Å². The predicted molar refractivity (Wildman–Crippen MR) is 108 cm³/mol. The van der Waals surface area contributed by atoms with Crippen LogP contribution in [0.1, 0.15) is 80.1 Å². The molecule has 0 unspecified atom stereocenters. The zero-order chi connectivity index (χ0) is 18.0. The first-order valence-corrected chi connectivity index (χ1v) is 9.60. The molecule has 0 N–H and O–H groups in total. The predicted octanol–water partition coefficient (Wildman–Crippen LogP) is 7.30. The van der Waals surface area contributed by atoms with Crippen molar-refractivity contribution in [1.82, 2.24) is 4.90 Å². The van der Waals surface area contributed by atoms with Gasteiger partial charge in [-0.1, -0.05) is 97.4 Å². The summed E-state index contributed by atoms with van der Waals surface area (Å²) in [6, 6.07) is 12.0. The zero-order valence-electron chi connectivity index (χ0n) is 16.6. The number of rotatable bonds is 1. The lowest BCUT2D eigenvalue weighted by Crippen LogP contribution is -2.24. The summed E-state index contributed by atoms with van der Waals surface area (Å²) >= 11 is 0. The molecule has 0 atom stereocenters. The van der Waals surface area contributed by atoms with Crippen LogP contribution in [0.4, 0.5) is 0 Å². The van der Waals surface area contributed by atoms with Crippen molar-refractivity contribution >= 4 is 0 Å². The fourth-order valence-corrected chi connectivity index (χ4v) is 2.31. The van der Waals surface area contributed by atoms with E-state index in [1.54, 1.807) is 0 Å². The van der Waals surface area contributed by atoms with Gasteiger partial charge in [-0.2, -0.15) is 0 Å². The molecule has 1 aliphatic heterocycles. The van der Waals surface area contributed by atoms with E-state index in [2.05, 4.69) is 39.2 Å². The minimum absolute atomic E-state index is 0.627. The molecule has 1 aromatic rings. The normalized spacial score (nSPS) is 15.3. The quantitative estimate of drug-likeness (QED) is 0.524. The van der Waals surface area contributed by atoms with Gasteiger partial charge in [0.1, 0.15) is 0 Å². The van der Waals surface area contributed by atoms with Crippen LogP contribution in [0.2, 0.25) is 0 Å². The molecule has 134 valence electrons. The van der Waals surface area contributed by atoms with Crippen LogP contribution < -0.4 is 0 Å². The highest BCUT2D eigenvalue weighted by Crippen LogP contribution is 2.49. The fourth-order valence-electron chi connectivity index (χ4n) is 2.31. The minimum atomic E-state index is 0.627. The Hall–Kier alpha value is -1.24. The second kappa shape index (κ2) is 17.1. The molecular formula is C22H41N. The molecule has 1 aromatic carbocycles. The molecule has 2 aliphatic rings. The van der Waals surface area contributed by atoms with Gasteiger partial charge in [0.15, 0.2) is 0 Å². The van der Waals surface area contributed by atoms with Gasteiger partial charge in [0.2, 0.25) is 0 Å². The van der Waals surface area contributed by atoms with Crippen molar-refractivity contribution in [3.63, 3.8) is 0 Å². The first kappa shape index (κ1) is 24.0. The van der Waals surface area contributed by atoms with Crippen molar-refractivity contribution in [2.24, 2.45) is 0 Å². The Kier molecular flexibility index (Phi) is 17.9. The topological polar surface area (TPSA) is 3.24 Å². The molecule has 1 saturated heterocycles. The number of hydrogen-bond acceptors (Lipinski definition) is 1. The third-order valence-electron chi connectivity index (χ3n) is 3.36. The summed E-state index contributed by atoms with van der Waals surface area (Å²) in [4.78, 5) is 2.42. The number of hydrogen-bond donors (Lipinski definition) is 0. The van der Waals surface area contributed by atoms with Crippen molar-refractivity contribution in [3.05, 3.63) is 49.2 Å². The summed E-state index contributed by atoms with van der Waals surface area (Å²) < 4.78 is 0. The van der Waals surface area contributed by atoms with Crippen LogP contribution in [-0.4, -0.2) is 17.0 Å². The summed E-state index contributed by atoms with van der Waals surface area (Å²) in [5.41, 5.74) is 0.627. The number of nitrogens with zero attached hydrogens (tertiary/aromatic N) is 1. The molecule has 23 heavy (non-hydrogen) atoms. The van der Waals surface area contributed by atoms with Crippen molar-refractivity contribution < 1.29 is 0 Å². The van der Waals surface area contributed by atoms with E-state index in [9.17, 15) is 0 Å². The Labute approximate surface area is 146 Å². The highest BCUT2D eigenvalue weighted by atomic mass is 15.2. The average Bonchev–Trinajstić information content (AvgIpc) is 3.25. The van der Waals surface area contributed by atoms with E-state index in [1.807, 2.05) is 56.4 Å². The van der Waals surface area contributed by atoms with E-state index in [-0.39, 0.29) is 0 Å². The molecule has 0 amide bonds. The molecule has 1 nitrogen and oxygen atoms in total. The van der Waals surface area contributed by atoms with Gasteiger partial charge in [0.25, 0.3) is 0 Å². The summed E-state index contributed by atoms with van der Waals surface area (Å²) in [5, 5.41) is 0. The van der Waals surface area contributed by atoms with Gasteiger partial charge < -0.3 is 4.90 Å². The number of benzene rings is 1. The van der Waals surface area contributed by atoms with E-state index in [4.69, 9.17) is 0 Å². The van der Waals surface area contributed by atoms with Crippen LogP contribution in [-0.2, 0) is 0 Å². The van der Waals surface area contributed by atoms with Crippen LogP contribution >= 0.6 is 0 Å². The minimum Gasteiger partial charge on any atom is -0.372 e. The average molecular weight is 320 g/mol. The zero-order valence-corrected chi connectivity index (χ0v) is 16.6. The van der Waals surface area contributed by atoms with Crippen LogP contribution in [0.3, 0.4) is 0 Å². The lowest BCUT2D eigenvalue weighted by atomic mass is 10.2. The van der Waals surface area contributed by atoms with Crippen molar-refractivity contribution in [1.29, 1.82) is 0 Å². The van der Waals surface area contributed by atoms with Crippen molar-refractivity contribution in [2.75, 3.05) is 6.54 Å². The van der Waals surface area contributed by atoms with Gasteiger partial charge in [-0.05, 0) is 31.9 Å². The molecule has 2 fully saturated rings. The largest absolute Gasteiger partial charge is 0.372 e. The third kappa shape index (κ3) is 11.9. The molecule has 1 saturated carbocycles. The molecule has 1 spiro atoms. The Morgan fingerprint density at radius 3 is 1.39 bits per heavy atom. The third-order valence-corrected chi connectivity index (χ3v) is 3.36. The second-order valence-electron chi connectivity index (χ2n) is 5.77. The van der Waals surface area contributed by atoms with Gasteiger partial charge in [-0.25, -0.2) is 0 Å². The van der Waals surface area contributed by atoms with Crippen LogP contribution in [0.5, 0.6) is 0 Å². The van der Waals surface area contributed by atoms with Crippen LogP contribution in [0, 0.1) is 0 Å².